The van der Waals surface area contributed by atoms with Crippen molar-refractivity contribution in [3.05, 3.63) is 42.2 Å². The Morgan fingerprint density at radius 1 is 1.06 bits per heavy atom. The summed E-state index contributed by atoms with van der Waals surface area (Å²) in [5, 5.41) is 4.73. The highest BCUT2D eigenvalue weighted by molar-refractivity contribution is 5.91. The molecular formula is C11H6F3N3. The molecule has 0 N–H and O–H groups in total. The SMILES string of the molecule is FC(F)(F)c1ccn2nc3ccccc3c2n1. The van der Waals surface area contributed by atoms with Crippen LogP contribution >= 0.6 is 0 Å². The Labute approximate surface area is 93.5 Å². The van der Waals surface area contributed by atoms with Crippen LogP contribution in [0.3, 0.4) is 0 Å². The first-order valence-corrected chi connectivity index (χ1v) is 4.87. The van der Waals surface area contributed by atoms with Gasteiger partial charge < -0.3 is 0 Å². The summed E-state index contributed by atoms with van der Waals surface area (Å²) in [7, 11) is 0. The predicted molar refractivity (Wildman–Crippen MR) is 55.5 cm³/mol. The lowest BCUT2D eigenvalue weighted by Gasteiger charge is -2.04. The molecule has 0 saturated carbocycles. The van der Waals surface area contributed by atoms with Crippen LogP contribution in [-0.2, 0) is 6.18 Å². The third-order valence-electron chi connectivity index (χ3n) is 2.47. The van der Waals surface area contributed by atoms with E-state index in [1.54, 1.807) is 24.3 Å². The van der Waals surface area contributed by atoms with E-state index < -0.39 is 11.9 Å². The van der Waals surface area contributed by atoms with Crippen LogP contribution in [0.25, 0.3) is 16.6 Å². The van der Waals surface area contributed by atoms with E-state index >= 15 is 0 Å². The number of hydrogen-bond donors (Lipinski definition) is 0. The Bertz CT molecular complexity index is 700. The van der Waals surface area contributed by atoms with Gasteiger partial charge in [0.25, 0.3) is 0 Å². The third-order valence-corrected chi connectivity index (χ3v) is 2.47. The van der Waals surface area contributed by atoms with Crippen molar-refractivity contribution in [2.75, 3.05) is 0 Å². The van der Waals surface area contributed by atoms with E-state index in [2.05, 4.69) is 10.1 Å². The number of hydrogen-bond acceptors (Lipinski definition) is 2. The highest BCUT2D eigenvalue weighted by Gasteiger charge is 2.32. The van der Waals surface area contributed by atoms with Crippen molar-refractivity contribution in [2.24, 2.45) is 0 Å². The van der Waals surface area contributed by atoms with E-state index in [1.165, 1.54) is 10.7 Å². The Morgan fingerprint density at radius 3 is 2.59 bits per heavy atom. The molecule has 0 aliphatic rings. The number of alkyl halides is 3. The monoisotopic (exact) mass is 237 g/mol. The topological polar surface area (TPSA) is 30.2 Å². The van der Waals surface area contributed by atoms with Crippen LogP contribution in [0.2, 0.25) is 0 Å². The lowest BCUT2D eigenvalue weighted by molar-refractivity contribution is -0.141. The van der Waals surface area contributed by atoms with Crippen molar-refractivity contribution in [3.8, 4) is 0 Å². The summed E-state index contributed by atoms with van der Waals surface area (Å²) in [5.41, 5.74) is -0.0644. The van der Waals surface area contributed by atoms with Crippen molar-refractivity contribution in [1.29, 1.82) is 0 Å². The molecule has 0 bridgehead atoms. The quantitative estimate of drug-likeness (QED) is 0.601. The Balaban J connectivity index is 2.38. The summed E-state index contributed by atoms with van der Waals surface area (Å²) in [6.07, 6.45) is -3.17. The zero-order chi connectivity index (χ0) is 12.0. The lowest BCUT2D eigenvalue weighted by Crippen LogP contribution is -2.08. The molecule has 86 valence electrons. The molecule has 0 unspecified atom stereocenters. The van der Waals surface area contributed by atoms with E-state index in [9.17, 15) is 13.2 Å². The van der Waals surface area contributed by atoms with Gasteiger partial charge in [0.1, 0.15) is 5.69 Å². The average Bonchev–Trinajstić information content (AvgIpc) is 2.65. The summed E-state index contributed by atoms with van der Waals surface area (Å²) < 4.78 is 38.9. The van der Waals surface area contributed by atoms with Crippen molar-refractivity contribution >= 4 is 16.6 Å². The molecule has 6 heteroatoms. The number of benzene rings is 1. The highest BCUT2D eigenvalue weighted by Crippen LogP contribution is 2.28. The number of aromatic nitrogens is 3. The minimum absolute atomic E-state index is 0.218. The highest BCUT2D eigenvalue weighted by atomic mass is 19.4. The minimum atomic E-state index is -4.44. The van der Waals surface area contributed by atoms with Crippen LogP contribution in [0, 0.1) is 0 Å². The fourth-order valence-electron chi connectivity index (χ4n) is 1.70. The number of rotatable bonds is 0. The van der Waals surface area contributed by atoms with Gasteiger partial charge in [-0.05, 0) is 18.2 Å². The maximum Gasteiger partial charge on any atom is 0.433 e. The summed E-state index contributed by atoms with van der Waals surface area (Å²) in [6, 6.07) is 7.87. The van der Waals surface area contributed by atoms with Gasteiger partial charge in [-0.1, -0.05) is 12.1 Å². The van der Waals surface area contributed by atoms with Crippen LogP contribution in [0.5, 0.6) is 0 Å². The Morgan fingerprint density at radius 2 is 1.82 bits per heavy atom. The fourth-order valence-corrected chi connectivity index (χ4v) is 1.70. The summed E-state index contributed by atoms with van der Waals surface area (Å²) >= 11 is 0. The van der Waals surface area contributed by atoms with Gasteiger partial charge in [-0.15, -0.1) is 0 Å². The van der Waals surface area contributed by atoms with Crippen molar-refractivity contribution in [3.63, 3.8) is 0 Å². The molecule has 0 amide bonds. The van der Waals surface area contributed by atoms with Crippen LogP contribution in [0.15, 0.2) is 36.5 Å². The van der Waals surface area contributed by atoms with Gasteiger partial charge in [0, 0.05) is 11.6 Å². The summed E-state index contributed by atoms with van der Waals surface area (Å²) in [4.78, 5) is 3.61. The molecule has 0 aliphatic carbocycles. The maximum atomic E-state index is 12.5. The van der Waals surface area contributed by atoms with Crippen LogP contribution in [-0.4, -0.2) is 14.6 Å². The second-order valence-corrected chi connectivity index (χ2v) is 3.60. The van der Waals surface area contributed by atoms with Crippen LogP contribution < -0.4 is 0 Å². The molecule has 0 saturated heterocycles. The number of fused-ring (bicyclic) bond motifs is 3. The van der Waals surface area contributed by atoms with Gasteiger partial charge in [-0.3, -0.25) is 0 Å². The van der Waals surface area contributed by atoms with Gasteiger partial charge in [-0.25, -0.2) is 9.50 Å². The first kappa shape index (κ1) is 10.1. The molecule has 3 nitrogen and oxygen atoms in total. The summed E-state index contributed by atoms with van der Waals surface area (Å²) in [5.74, 6) is 0. The lowest BCUT2D eigenvalue weighted by atomic mass is 10.2. The molecule has 0 aliphatic heterocycles. The van der Waals surface area contributed by atoms with E-state index in [1.807, 2.05) is 0 Å². The second-order valence-electron chi connectivity index (χ2n) is 3.60. The first-order valence-electron chi connectivity index (χ1n) is 4.87. The van der Waals surface area contributed by atoms with E-state index in [-0.39, 0.29) is 5.65 Å². The van der Waals surface area contributed by atoms with E-state index in [4.69, 9.17) is 0 Å². The van der Waals surface area contributed by atoms with E-state index in [0.29, 0.717) is 10.9 Å². The fraction of sp³-hybridized carbons (Fsp3) is 0.0909. The van der Waals surface area contributed by atoms with Gasteiger partial charge in [-0.2, -0.15) is 18.3 Å². The standard InChI is InChI=1S/C11H6F3N3/c12-11(13,14)9-5-6-17-10(15-9)7-3-1-2-4-8(7)16-17/h1-6H. The molecule has 0 spiro atoms. The van der Waals surface area contributed by atoms with Crippen LogP contribution in [0.1, 0.15) is 5.69 Å². The smallest absolute Gasteiger partial charge is 0.223 e. The molecule has 0 fully saturated rings. The zero-order valence-electron chi connectivity index (χ0n) is 8.44. The number of nitrogens with zero attached hydrogens (tertiary/aromatic N) is 3. The third kappa shape index (κ3) is 1.52. The Hall–Kier alpha value is -2.11. The van der Waals surface area contributed by atoms with Gasteiger partial charge >= 0.3 is 6.18 Å². The molecular weight excluding hydrogens is 231 g/mol. The molecule has 17 heavy (non-hydrogen) atoms. The number of halogens is 3. The molecule has 0 atom stereocenters. The second kappa shape index (κ2) is 3.19. The van der Waals surface area contributed by atoms with E-state index in [0.717, 1.165) is 6.07 Å². The van der Waals surface area contributed by atoms with Crippen molar-refractivity contribution in [2.45, 2.75) is 6.18 Å². The molecule has 3 rings (SSSR count). The van der Waals surface area contributed by atoms with Gasteiger partial charge in [0.2, 0.25) is 0 Å². The van der Waals surface area contributed by atoms with Gasteiger partial charge in [0.05, 0.1) is 5.52 Å². The normalized spacial score (nSPS) is 12.4. The summed E-state index contributed by atoms with van der Waals surface area (Å²) in [6.45, 7) is 0. The Kier molecular flexibility index (Phi) is 1.89. The molecule has 3 aromatic rings. The molecule has 2 aromatic heterocycles. The maximum absolute atomic E-state index is 12.5. The van der Waals surface area contributed by atoms with Crippen molar-refractivity contribution < 1.29 is 13.2 Å². The molecule has 1 aromatic carbocycles. The average molecular weight is 237 g/mol. The predicted octanol–water partition coefficient (Wildman–Crippen LogP) is 2.90. The van der Waals surface area contributed by atoms with Crippen molar-refractivity contribution in [1.82, 2.24) is 14.6 Å². The van der Waals surface area contributed by atoms with Crippen LogP contribution in [0.4, 0.5) is 13.2 Å². The zero-order valence-corrected chi connectivity index (χ0v) is 8.44. The first-order chi connectivity index (χ1) is 8.05. The molecule has 2 heterocycles. The molecule has 0 radical (unpaired) electrons. The van der Waals surface area contributed by atoms with Gasteiger partial charge in [0.15, 0.2) is 5.65 Å². The minimum Gasteiger partial charge on any atom is -0.223 e. The largest absolute Gasteiger partial charge is 0.433 e.